The molecule has 0 rings (SSSR count). The third-order valence-electron chi connectivity index (χ3n) is 8.53. The van der Waals surface area contributed by atoms with E-state index in [0.29, 0.717) is 6.42 Å². The topological polar surface area (TPSA) is 119 Å². The Morgan fingerprint density at radius 3 is 1.30 bits per heavy atom. The molecule has 0 saturated heterocycles. The van der Waals surface area contributed by atoms with E-state index in [4.69, 9.17) is 19.3 Å². The van der Waals surface area contributed by atoms with Crippen molar-refractivity contribution in [2.24, 2.45) is 0 Å². The Morgan fingerprint density at radius 1 is 0.532 bits per heavy atom. The van der Waals surface area contributed by atoms with Crippen LogP contribution in [0, 0.1) is 0 Å². The highest BCUT2D eigenvalue weighted by Crippen LogP contribution is 2.36. The third-order valence-corrected chi connectivity index (χ3v) is 9.02. The van der Waals surface area contributed by atoms with E-state index >= 15 is 0 Å². The van der Waals surface area contributed by atoms with Gasteiger partial charge in [-0.2, -0.15) is 0 Å². The molecule has 0 unspecified atom stereocenters. The molecule has 9 heteroatoms. The number of hydrogen-bond acceptors (Lipinski definition) is 6. The number of esters is 2. The maximum Gasteiger partial charge on any atom is 0.469 e. The molecular weight excluding hydrogens is 615 g/mol. The molecule has 0 spiro atoms. The van der Waals surface area contributed by atoms with E-state index in [-0.39, 0.29) is 19.4 Å². The second kappa shape index (κ2) is 34.6. The third kappa shape index (κ3) is 37.5. The van der Waals surface area contributed by atoms with E-state index < -0.39 is 32.5 Å². The summed E-state index contributed by atoms with van der Waals surface area (Å²) in [4.78, 5) is 42.6. The van der Waals surface area contributed by atoms with E-state index in [1.807, 2.05) is 0 Å². The monoisotopic (exact) mass is 689 g/mol. The van der Waals surface area contributed by atoms with E-state index in [1.165, 1.54) is 128 Å². The fourth-order valence-corrected chi connectivity index (χ4v) is 5.96. The van der Waals surface area contributed by atoms with Gasteiger partial charge in [-0.3, -0.25) is 14.1 Å². The van der Waals surface area contributed by atoms with Crippen LogP contribution in [0.1, 0.15) is 200 Å². The molecule has 0 fully saturated rings. The number of carbonyl (C=O) groups is 2. The van der Waals surface area contributed by atoms with Crippen LogP contribution in [0.2, 0.25) is 0 Å². The van der Waals surface area contributed by atoms with Crippen LogP contribution >= 0.6 is 7.82 Å². The Bertz CT molecular complexity index is 782. The number of phosphoric acid groups is 1. The van der Waals surface area contributed by atoms with Crippen LogP contribution in [-0.4, -0.2) is 41.0 Å². The summed E-state index contributed by atoms with van der Waals surface area (Å²) in [6, 6.07) is 0. The molecule has 0 aromatic carbocycles. The van der Waals surface area contributed by atoms with Crippen LogP contribution in [0.25, 0.3) is 0 Å². The normalized spacial score (nSPS) is 12.5. The molecular formula is C38H73O8P. The lowest BCUT2D eigenvalue weighted by Crippen LogP contribution is -2.29. The van der Waals surface area contributed by atoms with E-state index in [0.717, 1.165) is 38.5 Å². The van der Waals surface area contributed by atoms with Crippen LogP contribution < -0.4 is 0 Å². The summed E-state index contributed by atoms with van der Waals surface area (Å²) < 4.78 is 26.3. The highest BCUT2D eigenvalue weighted by atomic mass is 31.2. The molecule has 8 nitrogen and oxygen atoms in total. The molecule has 0 aromatic heterocycles. The molecule has 278 valence electrons. The van der Waals surface area contributed by atoms with Crippen molar-refractivity contribution in [1.29, 1.82) is 0 Å². The number of phosphoric ester groups is 1. The van der Waals surface area contributed by atoms with Gasteiger partial charge in [0.25, 0.3) is 0 Å². The molecule has 0 saturated carbocycles. The lowest BCUT2D eigenvalue weighted by molar-refractivity contribution is -0.161. The molecule has 1 atom stereocenters. The van der Waals surface area contributed by atoms with Gasteiger partial charge in [0.2, 0.25) is 0 Å². The fourth-order valence-electron chi connectivity index (χ4n) is 5.60. The van der Waals surface area contributed by atoms with Crippen molar-refractivity contribution < 1.29 is 37.9 Å². The first-order valence-electron chi connectivity index (χ1n) is 19.5. The highest BCUT2D eigenvalue weighted by Gasteiger charge is 2.22. The first-order valence-corrected chi connectivity index (χ1v) is 21.0. The average Bonchev–Trinajstić information content (AvgIpc) is 3.04. The van der Waals surface area contributed by atoms with Gasteiger partial charge in [0.15, 0.2) is 6.10 Å². The SMILES string of the molecule is CCCCCCCC/C=C/CCCCCCCCCCCC(=O)OC[C@H](COP(=O)(O)O)OC(=O)CCCCCCCCCCCC. The van der Waals surface area contributed by atoms with Gasteiger partial charge < -0.3 is 19.3 Å². The van der Waals surface area contributed by atoms with Gasteiger partial charge >= 0.3 is 19.8 Å². The number of hydrogen-bond donors (Lipinski definition) is 2. The smallest absolute Gasteiger partial charge is 0.462 e. The van der Waals surface area contributed by atoms with Crippen LogP contribution in [-0.2, 0) is 28.2 Å². The Kier molecular flexibility index (Phi) is 33.8. The number of ether oxygens (including phenoxy) is 2. The van der Waals surface area contributed by atoms with Gasteiger partial charge in [-0.15, -0.1) is 0 Å². The maximum absolute atomic E-state index is 12.3. The molecule has 0 bridgehead atoms. The van der Waals surface area contributed by atoms with Gasteiger partial charge in [0.05, 0.1) is 6.61 Å². The molecule has 0 aliphatic heterocycles. The lowest BCUT2D eigenvalue weighted by Gasteiger charge is -2.18. The molecule has 0 heterocycles. The van der Waals surface area contributed by atoms with Crippen LogP contribution in [0.3, 0.4) is 0 Å². The van der Waals surface area contributed by atoms with Gasteiger partial charge in [0.1, 0.15) is 6.61 Å². The van der Waals surface area contributed by atoms with Gasteiger partial charge in [-0.1, -0.05) is 161 Å². The fraction of sp³-hybridized carbons (Fsp3) is 0.895. The van der Waals surface area contributed by atoms with E-state index in [2.05, 4.69) is 30.5 Å². The molecule has 2 N–H and O–H groups in total. The Labute approximate surface area is 288 Å². The van der Waals surface area contributed by atoms with Crippen molar-refractivity contribution in [2.75, 3.05) is 13.2 Å². The number of unbranched alkanes of at least 4 members (excludes halogenated alkanes) is 24. The van der Waals surface area contributed by atoms with Crippen molar-refractivity contribution in [1.82, 2.24) is 0 Å². The van der Waals surface area contributed by atoms with Crippen LogP contribution in [0.4, 0.5) is 0 Å². The molecule has 47 heavy (non-hydrogen) atoms. The van der Waals surface area contributed by atoms with E-state index in [1.54, 1.807) is 0 Å². The summed E-state index contributed by atoms with van der Waals surface area (Å²) in [6.07, 6.45) is 36.5. The zero-order chi connectivity index (χ0) is 34.7. The van der Waals surface area contributed by atoms with Crippen molar-refractivity contribution in [2.45, 2.75) is 206 Å². The number of carbonyl (C=O) groups excluding carboxylic acids is 2. The number of allylic oxidation sites excluding steroid dienone is 2. The zero-order valence-electron chi connectivity index (χ0n) is 30.4. The van der Waals surface area contributed by atoms with Crippen molar-refractivity contribution in [3.05, 3.63) is 12.2 Å². The van der Waals surface area contributed by atoms with Crippen LogP contribution in [0.5, 0.6) is 0 Å². The minimum absolute atomic E-state index is 0.216. The minimum Gasteiger partial charge on any atom is -0.462 e. The average molecular weight is 689 g/mol. The standard InChI is InChI=1S/C38H73O8P/c1-3-5-7-9-11-13-15-16-17-18-19-20-21-22-23-25-26-28-30-32-37(39)44-34-36(35-45-47(41,42)43)46-38(40)33-31-29-27-24-14-12-10-8-6-4-2/h16-17,36H,3-15,18-35H2,1-2H3,(H2,41,42,43)/b17-16+/t36-/m1/s1. The first kappa shape index (κ1) is 45.8. The first-order chi connectivity index (χ1) is 22.8. The van der Waals surface area contributed by atoms with Crippen molar-refractivity contribution in [3.8, 4) is 0 Å². The highest BCUT2D eigenvalue weighted by molar-refractivity contribution is 7.46. The summed E-state index contributed by atoms with van der Waals surface area (Å²) in [7, 11) is -4.74. The molecule has 0 aliphatic rings. The summed E-state index contributed by atoms with van der Waals surface area (Å²) in [6.45, 7) is 3.67. The molecule has 0 aliphatic carbocycles. The molecule has 0 amide bonds. The van der Waals surface area contributed by atoms with Crippen LogP contribution in [0.15, 0.2) is 12.2 Å². The zero-order valence-corrected chi connectivity index (χ0v) is 31.3. The predicted molar refractivity (Wildman–Crippen MR) is 193 cm³/mol. The van der Waals surface area contributed by atoms with Crippen molar-refractivity contribution in [3.63, 3.8) is 0 Å². The van der Waals surface area contributed by atoms with E-state index in [9.17, 15) is 14.2 Å². The largest absolute Gasteiger partial charge is 0.469 e. The number of rotatable bonds is 36. The Morgan fingerprint density at radius 2 is 0.894 bits per heavy atom. The Balaban J connectivity index is 3.86. The summed E-state index contributed by atoms with van der Waals surface area (Å²) >= 11 is 0. The predicted octanol–water partition coefficient (Wildman–Crippen LogP) is 11.5. The molecule has 0 radical (unpaired) electrons. The van der Waals surface area contributed by atoms with Gasteiger partial charge in [0, 0.05) is 12.8 Å². The molecule has 0 aromatic rings. The quantitative estimate of drug-likeness (QED) is 0.0289. The minimum atomic E-state index is -4.74. The Hall–Kier alpha value is -1.21. The summed E-state index contributed by atoms with van der Waals surface area (Å²) in [5.41, 5.74) is 0. The summed E-state index contributed by atoms with van der Waals surface area (Å²) in [5.74, 6) is -0.881. The van der Waals surface area contributed by atoms with Crippen molar-refractivity contribution >= 4 is 19.8 Å². The second-order valence-corrected chi connectivity index (χ2v) is 14.5. The lowest BCUT2D eigenvalue weighted by atomic mass is 10.1. The maximum atomic E-state index is 12.3. The van der Waals surface area contributed by atoms with Gasteiger partial charge in [-0.05, 0) is 38.5 Å². The second-order valence-electron chi connectivity index (χ2n) is 13.3. The van der Waals surface area contributed by atoms with Gasteiger partial charge in [-0.25, -0.2) is 4.57 Å². The summed E-state index contributed by atoms with van der Waals surface area (Å²) in [5, 5.41) is 0.